The highest BCUT2D eigenvalue weighted by Gasteiger charge is 2.48. The molecule has 2 heterocycles. The van der Waals surface area contributed by atoms with Crippen LogP contribution in [0.4, 0.5) is 5.13 Å². The number of aryl methyl sites for hydroxylation is 1. The minimum absolute atomic E-state index is 0.0194. The van der Waals surface area contributed by atoms with Crippen LogP contribution in [-0.2, 0) is 9.59 Å². The molecule has 3 aromatic carbocycles. The number of carbonyl (C=O) groups excluding carboxylic acids is 2. The van der Waals surface area contributed by atoms with Crippen LogP contribution >= 0.6 is 11.3 Å². The molecule has 1 fully saturated rings. The van der Waals surface area contributed by atoms with Crippen LogP contribution in [0.25, 0.3) is 16.0 Å². The molecule has 0 aliphatic carbocycles. The maximum atomic E-state index is 13.6. The van der Waals surface area contributed by atoms with Crippen LogP contribution in [0.5, 0.6) is 17.2 Å². The number of carbonyl (C=O) groups is 2. The Labute approximate surface area is 230 Å². The van der Waals surface area contributed by atoms with Gasteiger partial charge in [0.25, 0.3) is 5.78 Å². The summed E-state index contributed by atoms with van der Waals surface area (Å²) < 4.78 is 17.3. The summed E-state index contributed by atoms with van der Waals surface area (Å²) >= 11 is 1.27. The molecule has 39 heavy (non-hydrogen) atoms. The van der Waals surface area contributed by atoms with E-state index in [-0.39, 0.29) is 11.3 Å². The Hall–Kier alpha value is -4.37. The number of aliphatic hydroxyl groups excluding tert-OH is 1. The van der Waals surface area contributed by atoms with E-state index < -0.39 is 17.7 Å². The van der Waals surface area contributed by atoms with Crippen molar-refractivity contribution in [3.8, 4) is 17.2 Å². The Morgan fingerprint density at radius 3 is 2.56 bits per heavy atom. The van der Waals surface area contributed by atoms with E-state index in [0.29, 0.717) is 45.6 Å². The highest BCUT2D eigenvalue weighted by atomic mass is 32.1. The smallest absolute Gasteiger partial charge is 0.301 e. The molecule has 1 aliphatic heterocycles. The van der Waals surface area contributed by atoms with Gasteiger partial charge >= 0.3 is 5.91 Å². The van der Waals surface area contributed by atoms with Gasteiger partial charge in [0.15, 0.2) is 5.13 Å². The molecule has 5 rings (SSSR count). The van der Waals surface area contributed by atoms with Crippen LogP contribution in [0.15, 0.2) is 66.2 Å². The summed E-state index contributed by atoms with van der Waals surface area (Å²) in [5.74, 6) is 0.0880. The summed E-state index contributed by atoms with van der Waals surface area (Å²) in [5.41, 5.74) is 2.45. The van der Waals surface area contributed by atoms with Gasteiger partial charge in [-0.15, -0.1) is 0 Å². The zero-order valence-electron chi connectivity index (χ0n) is 22.1. The average Bonchev–Trinajstić information content (AvgIpc) is 3.48. The maximum Gasteiger partial charge on any atom is 0.301 e. The molecule has 0 spiro atoms. The first-order chi connectivity index (χ1) is 18.9. The fraction of sp³-hybridized carbons (Fsp3) is 0.233. The topological polar surface area (TPSA) is 98.2 Å². The van der Waals surface area contributed by atoms with Crippen molar-refractivity contribution < 1.29 is 28.9 Å². The molecular formula is C30H28N2O6S. The number of aliphatic hydroxyl groups is 1. The Morgan fingerprint density at radius 1 is 1.03 bits per heavy atom. The highest BCUT2D eigenvalue weighted by molar-refractivity contribution is 7.22. The van der Waals surface area contributed by atoms with E-state index in [9.17, 15) is 14.7 Å². The van der Waals surface area contributed by atoms with Crippen molar-refractivity contribution >= 4 is 44.1 Å². The normalized spacial score (nSPS) is 16.6. The number of hydrogen-bond donors (Lipinski definition) is 1. The number of hydrogen-bond acceptors (Lipinski definition) is 8. The number of anilines is 1. The van der Waals surface area contributed by atoms with Crippen LogP contribution in [0.2, 0.25) is 0 Å². The van der Waals surface area contributed by atoms with E-state index >= 15 is 0 Å². The van der Waals surface area contributed by atoms with E-state index in [1.165, 1.54) is 16.2 Å². The van der Waals surface area contributed by atoms with Gasteiger partial charge in [-0.2, -0.15) is 0 Å². The fourth-order valence-electron chi connectivity index (χ4n) is 4.64. The predicted molar refractivity (Wildman–Crippen MR) is 151 cm³/mol. The number of Topliss-reactive ketones (excluding diaryl/α,β-unsaturated/α-hetero) is 1. The number of fused-ring (bicyclic) bond motifs is 1. The first-order valence-electron chi connectivity index (χ1n) is 12.5. The van der Waals surface area contributed by atoms with Crippen LogP contribution in [0, 0.1) is 6.92 Å². The SMILES string of the molecule is CCCOc1cccc([C@H]2/C(=C(\O)c3ccc(OC)c(C)c3)C(=O)C(=O)N2c2nc3ccc(OC)cc3s2)c1. The zero-order valence-corrected chi connectivity index (χ0v) is 22.9. The maximum absolute atomic E-state index is 13.6. The van der Waals surface area contributed by atoms with Gasteiger partial charge in [-0.25, -0.2) is 4.98 Å². The largest absolute Gasteiger partial charge is 0.507 e. The van der Waals surface area contributed by atoms with Crippen LogP contribution in [0.3, 0.4) is 0 Å². The first-order valence-corrected chi connectivity index (χ1v) is 13.3. The van der Waals surface area contributed by atoms with Crippen molar-refractivity contribution in [2.45, 2.75) is 26.3 Å². The molecule has 1 amide bonds. The van der Waals surface area contributed by atoms with Crippen molar-refractivity contribution in [1.82, 2.24) is 4.98 Å². The molecule has 8 nitrogen and oxygen atoms in total. The third-order valence-electron chi connectivity index (χ3n) is 6.55. The third-order valence-corrected chi connectivity index (χ3v) is 7.57. The lowest BCUT2D eigenvalue weighted by Gasteiger charge is -2.23. The van der Waals surface area contributed by atoms with Gasteiger partial charge in [0.2, 0.25) is 0 Å². The average molecular weight is 545 g/mol. The van der Waals surface area contributed by atoms with Gasteiger partial charge in [0.1, 0.15) is 23.0 Å². The minimum Gasteiger partial charge on any atom is -0.507 e. The summed E-state index contributed by atoms with van der Waals surface area (Å²) in [5, 5.41) is 11.8. The molecule has 9 heteroatoms. The Kier molecular flexibility index (Phi) is 7.26. The molecule has 0 unspecified atom stereocenters. The summed E-state index contributed by atoms with van der Waals surface area (Å²) in [6.45, 7) is 4.38. The standard InChI is InChI=1S/C30H28N2O6S/c1-5-13-38-21-8-6-7-18(15-21)26-25(27(33)19-9-12-23(37-4)17(2)14-19)28(34)29(35)32(26)30-31-22-11-10-20(36-3)16-24(22)39-30/h6-12,14-16,26,33H,5,13H2,1-4H3/b27-25+/t26-/m0/s1. The lowest BCUT2D eigenvalue weighted by molar-refractivity contribution is -0.132. The molecule has 1 aliphatic rings. The van der Waals surface area contributed by atoms with Crippen LogP contribution in [-0.4, -0.2) is 42.6 Å². The Balaban J connectivity index is 1.70. The number of benzene rings is 3. The molecule has 4 aromatic rings. The van der Waals surface area contributed by atoms with Gasteiger partial charge in [-0.05, 0) is 73.0 Å². The Bertz CT molecular complexity index is 1610. The molecule has 0 radical (unpaired) electrons. The molecule has 0 bridgehead atoms. The third kappa shape index (κ3) is 4.81. The number of aromatic nitrogens is 1. The molecular weight excluding hydrogens is 516 g/mol. The van der Waals surface area contributed by atoms with Crippen molar-refractivity contribution in [3.63, 3.8) is 0 Å². The summed E-state index contributed by atoms with van der Waals surface area (Å²) in [6, 6.07) is 16.9. The van der Waals surface area contributed by atoms with Gasteiger partial charge < -0.3 is 19.3 Å². The second kappa shape index (κ2) is 10.8. The number of rotatable bonds is 8. The molecule has 1 saturated heterocycles. The number of amides is 1. The number of thiazole rings is 1. The zero-order chi connectivity index (χ0) is 27.7. The predicted octanol–water partition coefficient (Wildman–Crippen LogP) is 6.04. The number of nitrogens with zero attached hydrogens (tertiary/aromatic N) is 2. The molecule has 0 saturated carbocycles. The number of ether oxygens (including phenoxy) is 3. The van der Waals surface area contributed by atoms with Gasteiger partial charge in [-0.3, -0.25) is 14.5 Å². The second-order valence-electron chi connectivity index (χ2n) is 9.10. The van der Waals surface area contributed by atoms with E-state index in [4.69, 9.17) is 14.2 Å². The van der Waals surface area contributed by atoms with Crippen molar-refractivity contribution in [3.05, 3.63) is 82.9 Å². The van der Waals surface area contributed by atoms with E-state index in [2.05, 4.69) is 4.98 Å². The molecule has 200 valence electrons. The van der Waals surface area contributed by atoms with E-state index in [0.717, 1.165) is 16.7 Å². The van der Waals surface area contributed by atoms with Crippen molar-refractivity contribution in [1.29, 1.82) is 0 Å². The molecule has 1 N–H and O–H groups in total. The molecule has 1 aromatic heterocycles. The van der Waals surface area contributed by atoms with Crippen LogP contribution in [0.1, 0.15) is 36.1 Å². The quantitative estimate of drug-likeness (QED) is 0.164. The molecule has 1 atom stereocenters. The highest BCUT2D eigenvalue weighted by Crippen LogP contribution is 2.45. The number of methoxy groups -OCH3 is 2. The summed E-state index contributed by atoms with van der Waals surface area (Å²) in [6.07, 6.45) is 0.828. The summed E-state index contributed by atoms with van der Waals surface area (Å²) in [4.78, 5) is 33.2. The fourth-order valence-corrected chi connectivity index (χ4v) is 5.66. The van der Waals surface area contributed by atoms with Gasteiger partial charge in [0.05, 0.1) is 42.7 Å². The van der Waals surface area contributed by atoms with Crippen LogP contribution < -0.4 is 19.1 Å². The van der Waals surface area contributed by atoms with Gasteiger partial charge in [0, 0.05) is 5.56 Å². The second-order valence-corrected chi connectivity index (χ2v) is 10.1. The van der Waals surface area contributed by atoms with Crippen molar-refractivity contribution in [2.24, 2.45) is 0 Å². The van der Waals surface area contributed by atoms with E-state index in [1.54, 1.807) is 56.7 Å². The Morgan fingerprint density at radius 2 is 1.85 bits per heavy atom. The van der Waals surface area contributed by atoms with E-state index in [1.807, 2.05) is 32.0 Å². The number of ketones is 1. The summed E-state index contributed by atoms with van der Waals surface area (Å²) in [7, 11) is 3.14. The van der Waals surface area contributed by atoms with Gasteiger partial charge in [-0.1, -0.05) is 30.4 Å². The minimum atomic E-state index is -0.917. The lowest BCUT2D eigenvalue weighted by Crippen LogP contribution is -2.29. The monoisotopic (exact) mass is 544 g/mol. The lowest BCUT2D eigenvalue weighted by atomic mass is 9.94. The first kappa shape index (κ1) is 26.2. The van der Waals surface area contributed by atoms with Crippen molar-refractivity contribution in [2.75, 3.05) is 25.7 Å².